The van der Waals surface area contributed by atoms with Crippen LogP contribution < -0.4 is 4.89 Å². The minimum Gasteiger partial charge on any atom is -0.432 e. The van der Waals surface area contributed by atoms with Crippen LogP contribution in [0.25, 0.3) is 0 Å². The molecule has 1 aromatic rings. The summed E-state index contributed by atoms with van der Waals surface area (Å²) in [6, 6.07) is 3.45. The smallest absolute Gasteiger partial charge is 0.321 e. The van der Waals surface area contributed by atoms with Crippen LogP contribution >= 0.6 is 0 Å². The van der Waals surface area contributed by atoms with E-state index in [9.17, 15) is 0 Å². The van der Waals surface area contributed by atoms with Gasteiger partial charge in [0.2, 0.25) is 0 Å². The highest BCUT2D eigenvalue weighted by Crippen LogP contribution is 2.09. The molecule has 0 N–H and O–H groups in total. The lowest BCUT2D eigenvalue weighted by molar-refractivity contribution is -0.871. The SMILES string of the molecule is C[N+](C)(C)CCOOc1ccco1. The maximum atomic E-state index is 4.94. The molecule has 0 aliphatic heterocycles. The van der Waals surface area contributed by atoms with Crippen LogP contribution in [-0.2, 0) is 4.89 Å². The predicted octanol–water partition coefficient (Wildman–Crippen LogP) is 1.30. The third kappa shape index (κ3) is 4.55. The summed E-state index contributed by atoms with van der Waals surface area (Å²) in [6.45, 7) is 1.44. The van der Waals surface area contributed by atoms with Gasteiger partial charge in [-0.2, -0.15) is 4.89 Å². The minimum absolute atomic E-state index is 0.390. The summed E-state index contributed by atoms with van der Waals surface area (Å²) >= 11 is 0. The van der Waals surface area contributed by atoms with Gasteiger partial charge in [-0.25, -0.2) is 0 Å². The molecular weight excluding hydrogens is 170 g/mol. The molecule has 0 saturated heterocycles. The van der Waals surface area contributed by atoms with Crippen molar-refractivity contribution in [2.75, 3.05) is 34.3 Å². The van der Waals surface area contributed by atoms with Crippen LogP contribution in [0.3, 0.4) is 0 Å². The second kappa shape index (κ2) is 4.30. The Morgan fingerprint density at radius 3 is 2.69 bits per heavy atom. The van der Waals surface area contributed by atoms with Gasteiger partial charge in [-0.3, -0.25) is 4.89 Å². The van der Waals surface area contributed by atoms with Gasteiger partial charge in [0.15, 0.2) is 0 Å². The van der Waals surface area contributed by atoms with Crippen LogP contribution in [0, 0.1) is 0 Å². The number of rotatable bonds is 5. The van der Waals surface area contributed by atoms with Gasteiger partial charge in [-0.15, -0.1) is 0 Å². The Morgan fingerprint density at radius 2 is 2.15 bits per heavy atom. The van der Waals surface area contributed by atoms with Crippen molar-refractivity contribution >= 4 is 0 Å². The number of furan rings is 1. The van der Waals surface area contributed by atoms with Crippen molar-refractivity contribution in [1.29, 1.82) is 0 Å². The first-order valence-electron chi connectivity index (χ1n) is 4.21. The second-order valence-electron chi connectivity index (χ2n) is 3.85. The molecule has 4 heteroatoms. The van der Waals surface area contributed by atoms with Crippen LogP contribution in [0.1, 0.15) is 0 Å². The van der Waals surface area contributed by atoms with E-state index in [4.69, 9.17) is 14.2 Å². The van der Waals surface area contributed by atoms with Crippen LogP contribution in [-0.4, -0.2) is 38.8 Å². The van der Waals surface area contributed by atoms with Crippen molar-refractivity contribution in [3.8, 4) is 5.95 Å². The van der Waals surface area contributed by atoms with E-state index in [0.29, 0.717) is 12.6 Å². The van der Waals surface area contributed by atoms with Crippen LogP contribution in [0.4, 0.5) is 0 Å². The number of hydrogen-bond donors (Lipinski definition) is 0. The van der Waals surface area contributed by atoms with E-state index >= 15 is 0 Å². The number of likely N-dealkylation sites (N-methyl/N-ethyl adjacent to an activating group) is 1. The zero-order chi connectivity index (χ0) is 9.73. The molecule has 4 nitrogen and oxygen atoms in total. The molecule has 0 saturated carbocycles. The topological polar surface area (TPSA) is 31.6 Å². The molecule has 74 valence electrons. The predicted molar refractivity (Wildman–Crippen MR) is 48.2 cm³/mol. The molecule has 0 atom stereocenters. The monoisotopic (exact) mass is 186 g/mol. The molecule has 0 unspecified atom stereocenters. The average Bonchev–Trinajstić information content (AvgIpc) is 2.48. The van der Waals surface area contributed by atoms with Gasteiger partial charge in [0.25, 0.3) is 0 Å². The highest BCUT2D eigenvalue weighted by Gasteiger charge is 2.06. The van der Waals surface area contributed by atoms with Gasteiger partial charge >= 0.3 is 5.95 Å². The lowest BCUT2D eigenvalue weighted by Crippen LogP contribution is -2.37. The zero-order valence-corrected chi connectivity index (χ0v) is 8.32. The van der Waals surface area contributed by atoms with Gasteiger partial charge in [0, 0.05) is 6.07 Å². The molecule has 0 spiro atoms. The van der Waals surface area contributed by atoms with Gasteiger partial charge in [0.1, 0.15) is 13.2 Å². The molecule has 1 rings (SSSR count). The van der Waals surface area contributed by atoms with Crippen molar-refractivity contribution in [3.05, 3.63) is 18.4 Å². The lowest BCUT2D eigenvalue weighted by Gasteiger charge is -2.22. The highest BCUT2D eigenvalue weighted by molar-refractivity contribution is 5.02. The Morgan fingerprint density at radius 1 is 1.38 bits per heavy atom. The third-order valence-corrected chi connectivity index (χ3v) is 1.48. The van der Waals surface area contributed by atoms with E-state index in [1.165, 1.54) is 0 Å². The summed E-state index contributed by atoms with van der Waals surface area (Å²) in [5.74, 6) is 0.390. The van der Waals surface area contributed by atoms with Crippen LogP contribution in [0.15, 0.2) is 22.8 Å². The molecular formula is C9H16NO3+. The fourth-order valence-electron chi connectivity index (χ4n) is 0.722. The van der Waals surface area contributed by atoms with Crippen LogP contribution in [0.2, 0.25) is 0 Å². The van der Waals surface area contributed by atoms with E-state index < -0.39 is 0 Å². The zero-order valence-electron chi connectivity index (χ0n) is 8.32. The summed E-state index contributed by atoms with van der Waals surface area (Å²) in [5, 5.41) is 0. The fraction of sp³-hybridized carbons (Fsp3) is 0.556. The number of quaternary nitrogens is 1. The van der Waals surface area contributed by atoms with Gasteiger partial charge in [0.05, 0.1) is 27.4 Å². The summed E-state index contributed by atoms with van der Waals surface area (Å²) < 4.78 is 5.76. The molecule has 1 aromatic heterocycles. The fourth-order valence-corrected chi connectivity index (χ4v) is 0.722. The van der Waals surface area contributed by atoms with E-state index in [1.54, 1.807) is 18.4 Å². The van der Waals surface area contributed by atoms with Gasteiger partial charge < -0.3 is 8.90 Å². The molecule has 0 aromatic carbocycles. The Bertz CT molecular complexity index is 226. The molecule has 0 radical (unpaired) electrons. The lowest BCUT2D eigenvalue weighted by atomic mass is 10.5. The first kappa shape index (κ1) is 10.1. The van der Waals surface area contributed by atoms with Crippen molar-refractivity contribution < 1.29 is 18.7 Å². The molecule has 1 heterocycles. The quantitative estimate of drug-likeness (QED) is 0.300. The molecule has 0 aliphatic rings. The standard InChI is InChI=1S/C9H16NO3/c1-10(2,3)6-8-12-13-9-5-4-7-11-9/h4-5,7H,6,8H2,1-3H3/q+1. The first-order chi connectivity index (χ1) is 6.08. The van der Waals surface area contributed by atoms with Gasteiger partial charge in [-0.05, 0) is 6.07 Å². The maximum absolute atomic E-state index is 4.94. The Hall–Kier alpha value is -1.00. The van der Waals surface area contributed by atoms with Crippen molar-refractivity contribution in [2.24, 2.45) is 0 Å². The molecule has 0 amide bonds. The normalized spacial score (nSPS) is 11.6. The summed E-state index contributed by atoms with van der Waals surface area (Å²) in [6.07, 6.45) is 1.54. The third-order valence-electron chi connectivity index (χ3n) is 1.48. The van der Waals surface area contributed by atoms with E-state index in [0.717, 1.165) is 11.0 Å². The highest BCUT2D eigenvalue weighted by atomic mass is 17.2. The number of nitrogens with zero attached hydrogens (tertiary/aromatic N) is 1. The van der Waals surface area contributed by atoms with E-state index in [1.807, 2.05) is 0 Å². The first-order valence-corrected chi connectivity index (χ1v) is 4.21. The molecule has 0 bridgehead atoms. The van der Waals surface area contributed by atoms with Crippen LogP contribution in [0.5, 0.6) is 5.95 Å². The average molecular weight is 186 g/mol. The summed E-state index contributed by atoms with van der Waals surface area (Å²) in [7, 11) is 6.28. The number of hydrogen-bond acceptors (Lipinski definition) is 3. The summed E-state index contributed by atoms with van der Waals surface area (Å²) in [5.41, 5.74) is 0. The Kier molecular flexibility index (Phi) is 3.33. The maximum Gasteiger partial charge on any atom is 0.321 e. The second-order valence-corrected chi connectivity index (χ2v) is 3.85. The van der Waals surface area contributed by atoms with Crippen molar-refractivity contribution in [2.45, 2.75) is 0 Å². The van der Waals surface area contributed by atoms with Crippen molar-refractivity contribution in [1.82, 2.24) is 0 Å². The summed E-state index contributed by atoms with van der Waals surface area (Å²) in [4.78, 5) is 9.81. The molecule has 13 heavy (non-hydrogen) atoms. The largest absolute Gasteiger partial charge is 0.432 e. The van der Waals surface area contributed by atoms with Crippen molar-refractivity contribution in [3.63, 3.8) is 0 Å². The Balaban J connectivity index is 2.09. The minimum atomic E-state index is 0.390. The van der Waals surface area contributed by atoms with E-state index in [2.05, 4.69) is 21.1 Å². The molecule has 0 aliphatic carbocycles. The Labute approximate surface area is 78.2 Å². The molecule has 0 fully saturated rings. The van der Waals surface area contributed by atoms with E-state index in [-0.39, 0.29) is 0 Å². The van der Waals surface area contributed by atoms with Gasteiger partial charge in [-0.1, -0.05) is 0 Å².